The smallest absolute Gasteiger partial charge is 0.269 e. The molecule has 0 aliphatic heterocycles. The third-order valence-electron chi connectivity index (χ3n) is 12.6. The first-order valence-corrected chi connectivity index (χ1v) is 25.5. The lowest BCUT2D eigenvalue weighted by molar-refractivity contribution is 0.0939. The summed E-state index contributed by atoms with van der Waals surface area (Å²) < 4.78 is 14.9. The molecular weight excluding hydrogens is 1030 g/mol. The molecule has 426 valence electrons. The predicted molar refractivity (Wildman–Crippen MR) is 315 cm³/mol. The van der Waals surface area contributed by atoms with Gasteiger partial charge in [0.25, 0.3) is 29.5 Å². The van der Waals surface area contributed by atoms with Gasteiger partial charge in [0.1, 0.15) is 11.5 Å². The second-order valence-corrected chi connectivity index (χ2v) is 19.2. The number of rotatable bonds is 18. The van der Waals surface area contributed by atoms with E-state index in [2.05, 4.69) is 25.9 Å². The number of carbonyl (C=O) groups is 5. The summed E-state index contributed by atoms with van der Waals surface area (Å²) in [5, 5.41) is 19.1. The highest BCUT2D eigenvalue weighted by atomic mass is 16.5. The maximum Gasteiger partial charge on any atom is 0.269 e. The molecule has 81 heavy (non-hydrogen) atoms. The number of carbonyl (C=O) groups excluding carboxylic acids is 5. The molecule has 0 bridgehead atoms. The molecule has 0 aliphatic rings. The van der Waals surface area contributed by atoms with Gasteiger partial charge < -0.3 is 60.2 Å². The first-order chi connectivity index (χ1) is 38.1. The number of hydrogen-bond acceptors (Lipinski definition) is 14. The van der Waals surface area contributed by atoms with Crippen LogP contribution < -0.4 is 60.2 Å². The van der Waals surface area contributed by atoms with E-state index in [4.69, 9.17) is 49.6 Å². The van der Waals surface area contributed by atoms with E-state index in [0.717, 1.165) is 22.4 Å². The third-order valence-corrected chi connectivity index (χ3v) is 12.6. The Balaban J connectivity index is 0.000000227. The van der Waals surface area contributed by atoms with Crippen molar-refractivity contribution < 1.29 is 33.4 Å². The summed E-state index contributed by atoms with van der Waals surface area (Å²) in [6.45, 7) is 12.8. The number of para-hydroxylation sites is 2. The number of benzene rings is 5. The van der Waals surface area contributed by atoms with Gasteiger partial charge in [-0.1, -0.05) is 110 Å². The van der Waals surface area contributed by atoms with Crippen molar-refractivity contribution in [2.24, 2.45) is 22.9 Å². The standard InChI is InChI=1S/2C22H25N5O3.C14H19N5O.CH4/c2*1-13(2)19-18(23)20(21(24)28)27(26-19)15-10-8-14(9-11-15)12-25-22(29)16-6-4-5-7-17(16)30-3;1-8(2)12-11(16)13(14(17)20)19(18-12)10-5-3-9(7-15)4-6-10;/h2*4-11,13H,12,23H2,1-3H3,(H2,24,28)(H,25,29);3-6,8H,7,15-16H2,1-2H3,(H2,17,20);1H4. The lowest BCUT2D eigenvalue weighted by Gasteiger charge is -2.10. The predicted octanol–water partition coefficient (Wildman–Crippen LogP) is 7.00. The Labute approximate surface area is 470 Å². The van der Waals surface area contributed by atoms with E-state index in [-0.39, 0.29) is 54.1 Å². The van der Waals surface area contributed by atoms with Gasteiger partial charge in [-0.25, -0.2) is 14.0 Å². The van der Waals surface area contributed by atoms with Crippen LogP contribution in [0.4, 0.5) is 17.1 Å². The van der Waals surface area contributed by atoms with Crippen LogP contribution in [-0.2, 0) is 19.6 Å². The van der Waals surface area contributed by atoms with Gasteiger partial charge in [0.15, 0.2) is 17.1 Å². The first-order valence-electron chi connectivity index (χ1n) is 25.5. The zero-order valence-electron chi connectivity index (χ0n) is 46.0. The van der Waals surface area contributed by atoms with Crippen LogP contribution in [0, 0.1) is 0 Å². The largest absolute Gasteiger partial charge is 0.496 e. The number of methoxy groups -OCH3 is 2. The number of nitrogens with one attached hydrogen (secondary N) is 2. The minimum absolute atomic E-state index is 0. The van der Waals surface area contributed by atoms with Gasteiger partial charge in [-0.2, -0.15) is 15.3 Å². The van der Waals surface area contributed by atoms with E-state index in [1.807, 2.05) is 90.1 Å². The van der Waals surface area contributed by atoms with Crippen molar-refractivity contribution in [1.29, 1.82) is 0 Å². The normalized spacial score (nSPS) is 10.7. The average Bonchev–Trinajstić information content (AvgIpc) is 4.20. The van der Waals surface area contributed by atoms with Crippen LogP contribution in [0.2, 0.25) is 0 Å². The fourth-order valence-electron chi connectivity index (χ4n) is 8.40. The zero-order chi connectivity index (χ0) is 58.5. The molecule has 5 amide bonds. The molecule has 22 heteroatoms. The van der Waals surface area contributed by atoms with Crippen LogP contribution in [0.1, 0.15) is 153 Å². The minimum atomic E-state index is -0.639. The summed E-state index contributed by atoms with van der Waals surface area (Å²) in [5.41, 5.74) is 49.3. The van der Waals surface area contributed by atoms with Crippen molar-refractivity contribution in [2.75, 3.05) is 31.4 Å². The second-order valence-electron chi connectivity index (χ2n) is 19.2. The summed E-state index contributed by atoms with van der Waals surface area (Å²) in [4.78, 5) is 60.3. The molecule has 8 aromatic rings. The van der Waals surface area contributed by atoms with Gasteiger partial charge in [0.05, 0.1) is 76.6 Å². The van der Waals surface area contributed by atoms with Crippen molar-refractivity contribution in [3.8, 4) is 28.6 Å². The Morgan fingerprint density at radius 2 is 0.728 bits per heavy atom. The van der Waals surface area contributed by atoms with Crippen molar-refractivity contribution >= 4 is 46.6 Å². The average molecular weight is 1100 g/mol. The summed E-state index contributed by atoms with van der Waals surface area (Å²) in [7, 11) is 3.05. The molecule has 0 fully saturated rings. The van der Waals surface area contributed by atoms with Crippen molar-refractivity contribution in [3.63, 3.8) is 0 Å². The fraction of sp³-hybridized carbons (Fsp3) is 0.254. The van der Waals surface area contributed by atoms with Crippen molar-refractivity contribution in [2.45, 2.75) is 86.4 Å². The number of primary amides is 3. The Morgan fingerprint density at radius 1 is 0.457 bits per heavy atom. The molecule has 0 unspecified atom stereocenters. The monoisotopic (exact) mass is 1100 g/mol. The fourth-order valence-corrected chi connectivity index (χ4v) is 8.40. The van der Waals surface area contributed by atoms with Crippen LogP contribution in [0.15, 0.2) is 121 Å². The van der Waals surface area contributed by atoms with E-state index in [9.17, 15) is 24.0 Å². The van der Waals surface area contributed by atoms with Gasteiger partial charge in [0, 0.05) is 19.6 Å². The van der Waals surface area contributed by atoms with E-state index < -0.39 is 17.7 Å². The molecule has 22 nitrogen and oxygen atoms in total. The van der Waals surface area contributed by atoms with Gasteiger partial charge in [-0.05, 0) is 95.1 Å². The molecule has 0 saturated carbocycles. The molecule has 16 N–H and O–H groups in total. The summed E-state index contributed by atoms with van der Waals surface area (Å²) in [6.07, 6.45) is 0. The molecule has 3 heterocycles. The summed E-state index contributed by atoms with van der Waals surface area (Å²) in [6, 6.07) is 36.1. The number of nitrogen functional groups attached to an aromatic ring is 3. The van der Waals surface area contributed by atoms with Gasteiger partial charge in [-0.15, -0.1) is 0 Å². The lowest BCUT2D eigenvalue weighted by Crippen LogP contribution is -2.23. The maximum absolute atomic E-state index is 12.4. The Morgan fingerprint density at radius 3 is 0.975 bits per heavy atom. The molecular formula is C59H73N15O7. The maximum atomic E-state index is 12.4. The topological polar surface area (TPSA) is 363 Å². The molecule has 0 atom stereocenters. The Kier molecular flexibility index (Phi) is 21.1. The first kappa shape index (κ1) is 61.9. The zero-order valence-corrected chi connectivity index (χ0v) is 46.0. The summed E-state index contributed by atoms with van der Waals surface area (Å²) in [5.74, 6) is -1.09. The highest BCUT2D eigenvalue weighted by molar-refractivity contribution is 5.99. The third kappa shape index (κ3) is 14.4. The number of anilines is 3. The molecule has 0 aliphatic carbocycles. The highest BCUT2D eigenvalue weighted by Gasteiger charge is 2.25. The van der Waals surface area contributed by atoms with Gasteiger partial charge in [0.2, 0.25) is 0 Å². The molecule has 0 saturated heterocycles. The second kappa shape index (κ2) is 27.6. The van der Waals surface area contributed by atoms with Crippen LogP contribution in [0.3, 0.4) is 0 Å². The molecule has 8 rings (SSSR count). The van der Waals surface area contributed by atoms with Crippen LogP contribution in [0.5, 0.6) is 11.5 Å². The number of hydrogen-bond donors (Lipinski definition) is 9. The quantitative estimate of drug-likeness (QED) is 0.0418. The lowest BCUT2D eigenvalue weighted by atomic mass is 10.1. The van der Waals surface area contributed by atoms with Gasteiger partial charge >= 0.3 is 0 Å². The van der Waals surface area contributed by atoms with Crippen LogP contribution >= 0.6 is 0 Å². The Hall–Kier alpha value is -9.96. The molecule has 5 aromatic carbocycles. The van der Waals surface area contributed by atoms with Crippen LogP contribution in [-0.4, -0.2) is 73.1 Å². The van der Waals surface area contributed by atoms with Gasteiger partial charge in [-0.3, -0.25) is 24.0 Å². The molecule has 0 radical (unpaired) electrons. The SMILES string of the molecule is C.CC(C)c1nn(-c2ccc(CN)cc2)c(C(N)=O)c1N.COc1ccccc1C(=O)NCc1ccc(-n2nc(C(C)C)c(N)c2C(N)=O)cc1.COc1ccccc1C(=O)NCc1ccc(-n2nc(C(C)C)c(N)c2C(N)=O)cc1. The van der Waals surface area contributed by atoms with Crippen molar-refractivity contribution in [3.05, 3.63) is 183 Å². The van der Waals surface area contributed by atoms with E-state index >= 15 is 0 Å². The number of amides is 5. The highest BCUT2D eigenvalue weighted by Crippen LogP contribution is 2.30. The minimum Gasteiger partial charge on any atom is -0.496 e. The number of nitrogens with two attached hydrogens (primary N) is 7. The molecule has 3 aromatic heterocycles. The van der Waals surface area contributed by atoms with E-state index in [1.54, 1.807) is 72.8 Å². The number of aromatic nitrogens is 6. The van der Waals surface area contributed by atoms with E-state index in [1.165, 1.54) is 28.3 Å². The number of nitrogens with zero attached hydrogens (tertiary/aromatic N) is 6. The number of ether oxygens (including phenoxy) is 2. The van der Waals surface area contributed by atoms with E-state index in [0.29, 0.717) is 87.8 Å². The molecule has 0 spiro atoms. The Bertz CT molecular complexity index is 3320. The van der Waals surface area contributed by atoms with Crippen molar-refractivity contribution in [1.82, 2.24) is 40.0 Å². The van der Waals surface area contributed by atoms with Crippen LogP contribution in [0.25, 0.3) is 17.1 Å². The summed E-state index contributed by atoms with van der Waals surface area (Å²) >= 11 is 0.